The van der Waals surface area contributed by atoms with Crippen LogP contribution in [0.5, 0.6) is 0 Å². The summed E-state index contributed by atoms with van der Waals surface area (Å²) in [5.74, 6) is 3.61. The van der Waals surface area contributed by atoms with Gasteiger partial charge in [0.2, 0.25) is 0 Å². The zero-order chi connectivity index (χ0) is 10.7. The summed E-state index contributed by atoms with van der Waals surface area (Å²) >= 11 is 0. The van der Waals surface area contributed by atoms with Crippen molar-refractivity contribution in [3.63, 3.8) is 0 Å². The van der Waals surface area contributed by atoms with Gasteiger partial charge in [-0.3, -0.25) is 4.68 Å². The lowest BCUT2D eigenvalue weighted by Crippen LogP contribution is -2.23. The molecule has 1 aliphatic carbocycles. The molecule has 2 bridgehead atoms. The van der Waals surface area contributed by atoms with Gasteiger partial charge in [0, 0.05) is 31.0 Å². The van der Waals surface area contributed by atoms with Crippen LogP contribution in [-0.2, 0) is 7.05 Å². The topological polar surface area (TPSA) is 42.7 Å². The van der Waals surface area contributed by atoms with Gasteiger partial charge in [0.1, 0.15) is 5.82 Å². The number of hydrogen-bond donors (Lipinski definition) is 1. The molecule has 16 heavy (non-hydrogen) atoms. The van der Waals surface area contributed by atoms with Gasteiger partial charge < -0.3 is 5.32 Å². The third kappa shape index (κ3) is 1.25. The molecule has 2 aliphatic heterocycles. The van der Waals surface area contributed by atoms with Crippen LogP contribution in [0.3, 0.4) is 0 Å². The van der Waals surface area contributed by atoms with Crippen LogP contribution in [0.2, 0.25) is 0 Å². The second kappa shape index (κ2) is 3.06. The van der Waals surface area contributed by atoms with E-state index < -0.39 is 0 Å². The lowest BCUT2D eigenvalue weighted by atomic mass is 9.88. The first-order chi connectivity index (χ1) is 7.81. The minimum absolute atomic E-state index is 0.615. The Bertz CT molecular complexity index is 421. The maximum absolute atomic E-state index is 4.78. The van der Waals surface area contributed by atoms with Gasteiger partial charge in [-0.1, -0.05) is 0 Å². The molecule has 1 saturated carbocycles. The SMILES string of the molecule is Cn1nc(C2CC2)nc1C1CC2CCC1N2. The van der Waals surface area contributed by atoms with E-state index in [1.54, 1.807) is 0 Å². The van der Waals surface area contributed by atoms with Crippen molar-refractivity contribution in [1.29, 1.82) is 0 Å². The highest BCUT2D eigenvalue weighted by Crippen LogP contribution is 2.42. The Balaban J connectivity index is 1.66. The first-order valence-electron chi connectivity index (χ1n) is 6.48. The highest BCUT2D eigenvalue weighted by atomic mass is 15.3. The van der Waals surface area contributed by atoms with Crippen molar-refractivity contribution in [2.45, 2.75) is 56.0 Å². The molecule has 3 aliphatic rings. The molecule has 86 valence electrons. The van der Waals surface area contributed by atoms with Crippen LogP contribution in [0.1, 0.15) is 55.6 Å². The maximum atomic E-state index is 4.78. The van der Waals surface area contributed by atoms with Gasteiger partial charge in [-0.2, -0.15) is 5.10 Å². The average molecular weight is 218 g/mol. The van der Waals surface area contributed by atoms with Crippen molar-refractivity contribution in [2.75, 3.05) is 0 Å². The van der Waals surface area contributed by atoms with Crippen molar-refractivity contribution in [2.24, 2.45) is 7.05 Å². The molecule has 1 aromatic rings. The molecule has 3 unspecified atom stereocenters. The van der Waals surface area contributed by atoms with Crippen LogP contribution in [0.25, 0.3) is 0 Å². The summed E-state index contributed by atoms with van der Waals surface area (Å²) in [4.78, 5) is 4.78. The molecule has 4 rings (SSSR count). The second-order valence-electron chi connectivity index (χ2n) is 5.62. The molecule has 1 N–H and O–H groups in total. The first kappa shape index (κ1) is 9.16. The van der Waals surface area contributed by atoms with Crippen LogP contribution in [-0.4, -0.2) is 26.8 Å². The largest absolute Gasteiger partial charge is 0.310 e. The number of aromatic nitrogens is 3. The van der Waals surface area contributed by atoms with Gasteiger partial charge in [0.05, 0.1) is 0 Å². The van der Waals surface area contributed by atoms with Crippen LogP contribution in [0.15, 0.2) is 0 Å². The van der Waals surface area contributed by atoms with Gasteiger partial charge in [-0.05, 0) is 32.1 Å². The highest BCUT2D eigenvalue weighted by molar-refractivity contribution is 5.15. The van der Waals surface area contributed by atoms with Gasteiger partial charge in [0.15, 0.2) is 5.82 Å². The van der Waals surface area contributed by atoms with E-state index in [1.807, 2.05) is 4.68 Å². The van der Waals surface area contributed by atoms with E-state index in [9.17, 15) is 0 Å². The van der Waals surface area contributed by atoms with Gasteiger partial charge in [-0.25, -0.2) is 4.98 Å². The third-order valence-electron chi connectivity index (χ3n) is 4.39. The standard InChI is InChI=1S/C12H18N4/c1-16-12(14-11(15-16)7-2-3-7)9-6-8-4-5-10(9)13-8/h7-10,13H,2-6H2,1H3. The van der Waals surface area contributed by atoms with E-state index in [1.165, 1.54) is 37.9 Å². The first-order valence-corrected chi connectivity index (χ1v) is 6.48. The lowest BCUT2D eigenvalue weighted by Gasteiger charge is -2.18. The molecule has 0 spiro atoms. The molecule has 2 saturated heterocycles. The zero-order valence-electron chi connectivity index (χ0n) is 9.69. The summed E-state index contributed by atoms with van der Waals surface area (Å²) in [5.41, 5.74) is 0. The molecule has 1 aromatic heterocycles. The Morgan fingerprint density at radius 3 is 2.75 bits per heavy atom. The van der Waals surface area contributed by atoms with Crippen molar-refractivity contribution in [3.8, 4) is 0 Å². The quantitative estimate of drug-likeness (QED) is 0.813. The predicted molar refractivity (Wildman–Crippen MR) is 60.3 cm³/mol. The molecular weight excluding hydrogens is 200 g/mol. The molecule has 0 radical (unpaired) electrons. The molecule has 4 heteroatoms. The fourth-order valence-electron chi connectivity index (χ4n) is 3.36. The number of fused-ring (bicyclic) bond motifs is 2. The minimum atomic E-state index is 0.615. The summed E-state index contributed by atoms with van der Waals surface area (Å²) in [6, 6.07) is 1.41. The van der Waals surface area contributed by atoms with Gasteiger partial charge in [-0.15, -0.1) is 0 Å². The molecular formula is C12H18N4. The molecule has 4 nitrogen and oxygen atoms in total. The van der Waals surface area contributed by atoms with Crippen molar-refractivity contribution in [3.05, 3.63) is 11.6 Å². The number of aryl methyl sites for hydroxylation is 1. The highest BCUT2D eigenvalue weighted by Gasteiger charge is 2.42. The van der Waals surface area contributed by atoms with Crippen molar-refractivity contribution >= 4 is 0 Å². The molecule has 0 amide bonds. The summed E-state index contributed by atoms with van der Waals surface area (Å²) in [6.07, 6.45) is 6.52. The van der Waals surface area contributed by atoms with Gasteiger partial charge >= 0.3 is 0 Å². The van der Waals surface area contributed by atoms with Crippen LogP contribution >= 0.6 is 0 Å². The molecule has 3 fully saturated rings. The van der Waals surface area contributed by atoms with Crippen LogP contribution in [0, 0.1) is 0 Å². The van der Waals surface area contributed by atoms with Crippen molar-refractivity contribution < 1.29 is 0 Å². The Morgan fingerprint density at radius 2 is 2.12 bits per heavy atom. The fourth-order valence-corrected chi connectivity index (χ4v) is 3.36. The molecule has 3 heterocycles. The summed E-state index contributed by atoms with van der Waals surface area (Å²) in [7, 11) is 2.06. The Labute approximate surface area is 95.4 Å². The molecule has 0 aromatic carbocycles. The van der Waals surface area contributed by atoms with Crippen LogP contribution < -0.4 is 5.32 Å². The predicted octanol–water partition coefficient (Wildman–Crippen LogP) is 1.30. The lowest BCUT2D eigenvalue weighted by molar-refractivity contribution is 0.469. The van der Waals surface area contributed by atoms with E-state index in [2.05, 4.69) is 17.5 Å². The normalized spacial score (nSPS) is 37.2. The smallest absolute Gasteiger partial charge is 0.154 e. The van der Waals surface area contributed by atoms with E-state index in [0.717, 1.165) is 11.9 Å². The Hall–Kier alpha value is -0.900. The summed E-state index contributed by atoms with van der Waals surface area (Å²) < 4.78 is 2.03. The van der Waals surface area contributed by atoms with E-state index in [0.29, 0.717) is 17.9 Å². The Morgan fingerprint density at radius 1 is 1.25 bits per heavy atom. The minimum Gasteiger partial charge on any atom is -0.310 e. The fraction of sp³-hybridized carbons (Fsp3) is 0.833. The van der Waals surface area contributed by atoms with E-state index >= 15 is 0 Å². The monoisotopic (exact) mass is 218 g/mol. The molecule has 3 atom stereocenters. The number of hydrogen-bond acceptors (Lipinski definition) is 3. The third-order valence-corrected chi connectivity index (χ3v) is 4.39. The van der Waals surface area contributed by atoms with Crippen LogP contribution in [0.4, 0.5) is 0 Å². The maximum Gasteiger partial charge on any atom is 0.154 e. The van der Waals surface area contributed by atoms with Crippen molar-refractivity contribution in [1.82, 2.24) is 20.1 Å². The van der Waals surface area contributed by atoms with E-state index in [-0.39, 0.29) is 0 Å². The van der Waals surface area contributed by atoms with E-state index in [4.69, 9.17) is 4.98 Å². The average Bonchev–Trinajstić information content (AvgIpc) is 2.75. The summed E-state index contributed by atoms with van der Waals surface area (Å²) in [6.45, 7) is 0. The summed E-state index contributed by atoms with van der Waals surface area (Å²) in [5, 5.41) is 8.26. The number of nitrogens with one attached hydrogen (secondary N) is 1. The van der Waals surface area contributed by atoms with Gasteiger partial charge in [0.25, 0.3) is 0 Å². The number of rotatable bonds is 2. The Kier molecular flexibility index (Phi) is 1.76. The number of nitrogens with zero attached hydrogens (tertiary/aromatic N) is 3. The second-order valence-corrected chi connectivity index (χ2v) is 5.62. The zero-order valence-corrected chi connectivity index (χ0v) is 9.69.